The highest BCUT2D eigenvalue weighted by atomic mass is 19.1. The van der Waals surface area contributed by atoms with Gasteiger partial charge < -0.3 is 20.1 Å². The van der Waals surface area contributed by atoms with Gasteiger partial charge in [0.2, 0.25) is 0 Å². The Morgan fingerprint density at radius 1 is 0.774 bits per heavy atom. The third kappa shape index (κ3) is 4.80. The number of carbonyl (C=O) groups excluding carboxylic acids is 2. The molecule has 0 aliphatic heterocycles. The maximum absolute atomic E-state index is 14.3. The molecule has 3 aromatic carbocycles. The molecule has 0 radical (unpaired) electrons. The predicted octanol–water partition coefficient (Wildman–Crippen LogP) is 4.80. The van der Waals surface area contributed by atoms with E-state index in [2.05, 4.69) is 10.6 Å². The molecule has 2 amide bonds. The van der Waals surface area contributed by atoms with Gasteiger partial charge in [0.25, 0.3) is 11.8 Å². The zero-order chi connectivity index (χ0) is 22.5. The number of nitrogens with one attached hydrogen (secondary N) is 2. The Morgan fingerprint density at radius 2 is 1.42 bits per heavy atom. The summed E-state index contributed by atoms with van der Waals surface area (Å²) in [4.78, 5) is 25.1. The van der Waals surface area contributed by atoms with E-state index in [1.54, 1.807) is 19.1 Å². The molecule has 3 rings (SSSR count). The van der Waals surface area contributed by atoms with Crippen molar-refractivity contribution in [3.8, 4) is 11.5 Å². The van der Waals surface area contributed by atoms with Gasteiger partial charge in [-0.3, -0.25) is 9.59 Å². The van der Waals surface area contributed by atoms with Gasteiger partial charge in [-0.05, 0) is 36.8 Å². The molecule has 8 heteroatoms. The summed E-state index contributed by atoms with van der Waals surface area (Å²) in [6, 6.07) is 12.6. The van der Waals surface area contributed by atoms with Crippen molar-refractivity contribution in [1.29, 1.82) is 0 Å². The lowest BCUT2D eigenvalue weighted by Gasteiger charge is -2.13. The SMILES string of the molecule is COc1cc(F)c(NC(=O)c2ccc(C)c(NC(=O)c3ccccc3F)c2)cc1OC. The first kappa shape index (κ1) is 21.8. The van der Waals surface area contributed by atoms with Gasteiger partial charge in [-0.1, -0.05) is 18.2 Å². The Kier molecular flexibility index (Phi) is 6.49. The summed E-state index contributed by atoms with van der Waals surface area (Å²) in [5.41, 5.74) is 0.945. The zero-order valence-electron chi connectivity index (χ0n) is 17.1. The van der Waals surface area contributed by atoms with E-state index in [-0.39, 0.29) is 28.3 Å². The first-order valence-corrected chi connectivity index (χ1v) is 9.23. The second-order valence-corrected chi connectivity index (χ2v) is 6.60. The summed E-state index contributed by atoms with van der Waals surface area (Å²) in [5, 5.41) is 5.07. The molecule has 2 N–H and O–H groups in total. The van der Waals surface area contributed by atoms with Crippen molar-refractivity contribution in [3.05, 3.63) is 82.9 Å². The lowest BCUT2D eigenvalue weighted by atomic mass is 10.1. The van der Waals surface area contributed by atoms with E-state index in [1.807, 2.05) is 0 Å². The summed E-state index contributed by atoms with van der Waals surface area (Å²) in [6.07, 6.45) is 0. The van der Waals surface area contributed by atoms with E-state index in [1.165, 1.54) is 50.6 Å². The summed E-state index contributed by atoms with van der Waals surface area (Å²) in [6.45, 7) is 1.73. The van der Waals surface area contributed by atoms with Crippen LogP contribution in [0.2, 0.25) is 0 Å². The fourth-order valence-corrected chi connectivity index (χ4v) is 2.88. The zero-order valence-corrected chi connectivity index (χ0v) is 17.1. The first-order valence-electron chi connectivity index (χ1n) is 9.23. The number of ether oxygens (including phenoxy) is 2. The monoisotopic (exact) mass is 426 g/mol. The van der Waals surface area contributed by atoms with Crippen molar-refractivity contribution in [3.63, 3.8) is 0 Å². The van der Waals surface area contributed by atoms with Crippen molar-refractivity contribution in [1.82, 2.24) is 0 Å². The fourth-order valence-electron chi connectivity index (χ4n) is 2.88. The second-order valence-electron chi connectivity index (χ2n) is 6.60. The van der Waals surface area contributed by atoms with Crippen LogP contribution in [0.4, 0.5) is 20.2 Å². The third-order valence-electron chi connectivity index (χ3n) is 4.59. The lowest BCUT2D eigenvalue weighted by Crippen LogP contribution is -2.17. The summed E-state index contributed by atoms with van der Waals surface area (Å²) >= 11 is 0. The predicted molar refractivity (Wildman–Crippen MR) is 113 cm³/mol. The standard InChI is InChI=1S/C23H20F2N2O4/c1-13-8-9-14(10-18(13)26-23(29)15-6-4-5-7-16(15)24)22(28)27-19-12-21(31-3)20(30-2)11-17(19)25/h4-12H,1-3H3,(H,26,29)(H,27,28). The largest absolute Gasteiger partial charge is 0.493 e. The molecule has 31 heavy (non-hydrogen) atoms. The second kappa shape index (κ2) is 9.25. The quantitative estimate of drug-likeness (QED) is 0.594. The normalized spacial score (nSPS) is 10.4. The van der Waals surface area contributed by atoms with Crippen LogP contribution in [0.15, 0.2) is 54.6 Å². The molecule has 3 aromatic rings. The Bertz CT molecular complexity index is 1150. The number of benzene rings is 3. The van der Waals surface area contributed by atoms with Gasteiger partial charge in [0.15, 0.2) is 17.3 Å². The number of methoxy groups -OCH3 is 2. The number of hydrogen-bond acceptors (Lipinski definition) is 4. The summed E-state index contributed by atoms with van der Waals surface area (Å²) in [7, 11) is 2.77. The van der Waals surface area contributed by atoms with E-state index >= 15 is 0 Å². The number of anilines is 2. The van der Waals surface area contributed by atoms with Crippen LogP contribution >= 0.6 is 0 Å². The van der Waals surface area contributed by atoms with Crippen molar-refractivity contribution >= 4 is 23.2 Å². The van der Waals surface area contributed by atoms with Gasteiger partial charge in [-0.2, -0.15) is 0 Å². The highest BCUT2D eigenvalue weighted by Gasteiger charge is 2.17. The first-order chi connectivity index (χ1) is 14.8. The van der Waals surface area contributed by atoms with Gasteiger partial charge >= 0.3 is 0 Å². The van der Waals surface area contributed by atoms with Crippen LogP contribution < -0.4 is 20.1 Å². The van der Waals surface area contributed by atoms with Gasteiger partial charge in [0.05, 0.1) is 25.5 Å². The minimum absolute atomic E-state index is 0.0971. The highest BCUT2D eigenvalue weighted by molar-refractivity contribution is 6.08. The molecule has 0 saturated heterocycles. The molecule has 0 saturated carbocycles. The van der Waals surface area contributed by atoms with Crippen LogP contribution in [0.1, 0.15) is 26.3 Å². The molecular formula is C23H20F2N2O4. The highest BCUT2D eigenvalue weighted by Crippen LogP contribution is 2.32. The third-order valence-corrected chi connectivity index (χ3v) is 4.59. The van der Waals surface area contributed by atoms with Gasteiger partial charge in [0, 0.05) is 23.4 Å². The van der Waals surface area contributed by atoms with E-state index in [0.717, 1.165) is 6.07 Å². The van der Waals surface area contributed by atoms with Crippen molar-refractivity contribution in [2.24, 2.45) is 0 Å². The average molecular weight is 426 g/mol. The molecule has 6 nitrogen and oxygen atoms in total. The number of halogens is 2. The summed E-state index contributed by atoms with van der Waals surface area (Å²) in [5.74, 6) is -2.17. The number of aryl methyl sites for hydroxylation is 1. The van der Waals surface area contributed by atoms with E-state index < -0.39 is 23.4 Å². The molecule has 0 fully saturated rings. The average Bonchev–Trinajstić information content (AvgIpc) is 2.76. The van der Waals surface area contributed by atoms with Gasteiger partial charge in [-0.15, -0.1) is 0 Å². The van der Waals surface area contributed by atoms with Crippen molar-refractivity contribution in [2.45, 2.75) is 6.92 Å². The molecule has 0 heterocycles. The molecule has 0 aliphatic carbocycles. The molecular weight excluding hydrogens is 406 g/mol. The fraction of sp³-hybridized carbons (Fsp3) is 0.130. The molecule has 0 bridgehead atoms. The number of amides is 2. The molecule has 160 valence electrons. The Labute approximate surface area is 177 Å². The number of carbonyl (C=O) groups is 2. The number of hydrogen-bond donors (Lipinski definition) is 2. The molecule has 0 spiro atoms. The minimum atomic E-state index is -0.703. The van der Waals surface area contributed by atoms with Crippen LogP contribution in [0.5, 0.6) is 11.5 Å². The maximum atomic E-state index is 14.3. The van der Waals surface area contributed by atoms with E-state index in [9.17, 15) is 18.4 Å². The van der Waals surface area contributed by atoms with Crippen LogP contribution in [0.3, 0.4) is 0 Å². The Hall–Kier alpha value is -3.94. The van der Waals surface area contributed by atoms with Crippen molar-refractivity contribution in [2.75, 3.05) is 24.9 Å². The molecule has 0 unspecified atom stereocenters. The van der Waals surface area contributed by atoms with E-state index in [4.69, 9.17) is 9.47 Å². The van der Waals surface area contributed by atoms with Gasteiger partial charge in [0.1, 0.15) is 5.82 Å². The molecule has 0 aromatic heterocycles. The lowest BCUT2D eigenvalue weighted by molar-refractivity contribution is 0.101. The molecule has 0 aliphatic rings. The summed E-state index contributed by atoms with van der Waals surface area (Å²) < 4.78 is 38.4. The van der Waals surface area contributed by atoms with Crippen LogP contribution in [0.25, 0.3) is 0 Å². The maximum Gasteiger partial charge on any atom is 0.258 e. The minimum Gasteiger partial charge on any atom is -0.493 e. The number of rotatable bonds is 6. The topological polar surface area (TPSA) is 76.7 Å². The van der Waals surface area contributed by atoms with Crippen LogP contribution in [-0.2, 0) is 0 Å². The van der Waals surface area contributed by atoms with Crippen LogP contribution in [-0.4, -0.2) is 26.0 Å². The molecule has 0 atom stereocenters. The Balaban J connectivity index is 1.84. The van der Waals surface area contributed by atoms with Crippen LogP contribution in [0, 0.1) is 18.6 Å². The van der Waals surface area contributed by atoms with Gasteiger partial charge in [-0.25, -0.2) is 8.78 Å². The smallest absolute Gasteiger partial charge is 0.258 e. The Morgan fingerprint density at radius 3 is 2.10 bits per heavy atom. The van der Waals surface area contributed by atoms with Crippen molar-refractivity contribution < 1.29 is 27.8 Å². The van der Waals surface area contributed by atoms with E-state index in [0.29, 0.717) is 11.3 Å².